The number of para-hydroxylation sites is 1. The van der Waals surface area contributed by atoms with Crippen molar-refractivity contribution in [1.82, 2.24) is 4.98 Å². The van der Waals surface area contributed by atoms with Gasteiger partial charge in [-0.1, -0.05) is 12.1 Å². The number of carbonyl (C=O) groups is 2. The molecule has 6 nitrogen and oxygen atoms in total. The summed E-state index contributed by atoms with van der Waals surface area (Å²) in [6.45, 7) is 2.27. The molecule has 0 saturated heterocycles. The van der Waals surface area contributed by atoms with Gasteiger partial charge in [-0.05, 0) is 55.7 Å². The average Bonchev–Trinajstić information content (AvgIpc) is 3.16. The number of hydrogen-bond donors (Lipinski definition) is 1. The highest BCUT2D eigenvalue weighted by atomic mass is 32.1. The number of aryl methyl sites for hydroxylation is 1. The molecule has 1 atom stereocenters. The minimum atomic E-state index is -0.364. The highest BCUT2D eigenvalue weighted by Gasteiger charge is 2.17. The van der Waals surface area contributed by atoms with E-state index in [0.29, 0.717) is 25.9 Å². The maximum atomic E-state index is 12.1. The van der Waals surface area contributed by atoms with Crippen LogP contribution >= 0.6 is 11.3 Å². The predicted molar refractivity (Wildman–Crippen MR) is 112 cm³/mol. The first-order valence-electron chi connectivity index (χ1n) is 9.69. The molecule has 0 bridgehead atoms. The quantitative estimate of drug-likeness (QED) is 0.453. The Labute approximate surface area is 172 Å². The number of fused-ring (bicyclic) bond motifs is 2. The van der Waals surface area contributed by atoms with E-state index >= 15 is 0 Å². The van der Waals surface area contributed by atoms with Crippen molar-refractivity contribution in [3.63, 3.8) is 0 Å². The molecule has 1 aliphatic rings. The lowest BCUT2D eigenvalue weighted by Crippen LogP contribution is -2.18. The average molecular weight is 410 g/mol. The second-order valence-electron chi connectivity index (χ2n) is 6.97. The van der Waals surface area contributed by atoms with Crippen LogP contribution in [0, 0.1) is 0 Å². The summed E-state index contributed by atoms with van der Waals surface area (Å²) in [5.74, 6) is 0.536. The van der Waals surface area contributed by atoms with E-state index < -0.39 is 0 Å². The number of ether oxygens (including phenoxy) is 2. The maximum Gasteiger partial charge on any atom is 0.306 e. The maximum absolute atomic E-state index is 12.1. The number of rotatable bonds is 7. The topological polar surface area (TPSA) is 77.5 Å². The third kappa shape index (κ3) is 4.74. The van der Waals surface area contributed by atoms with Crippen LogP contribution in [0.4, 0.5) is 5.69 Å². The molecule has 0 saturated carbocycles. The van der Waals surface area contributed by atoms with Gasteiger partial charge in [-0.25, -0.2) is 4.98 Å². The third-order valence-corrected chi connectivity index (χ3v) is 5.93. The van der Waals surface area contributed by atoms with Gasteiger partial charge in [-0.15, -0.1) is 11.3 Å². The smallest absolute Gasteiger partial charge is 0.306 e. The molecule has 1 aliphatic heterocycles. The van der Waals surface area contributed by atoms with Crippen molar-refractivity contribution in [2.24, 2.45) is 0 Å². The third-order valence-electron chi connectivity index (χ3n) is 4.73. The number of carbonyl (C=O) groups excluding carboxylic acids is 2. The Kier molecular flexibility index (Phi) is 5.76. The normalized spacial score (nSPS) is 14.2. The number of esters is 1. The van der Waals surface area contributed by atoms with Crippen molar-refractivity contribution in [2.45, 2.75) is 38.7 Å². The van der Waals surface area contributed by atoms with Crippen LogP contribution in [0.1, 0.15) is 42.9 Å². The van der Waals surface area contributed by atoms with E-state index in [4.69, 9.17) is 9.47 Å². The molecule has 0 fully saturated rings. The fraction of sp³-hybridized carbons (Fsp3) is 0.318. The molecular formula is C22H22N2O4S. The summed E-state index contributed by atoms with van der Waals surface area (Å²) in [5, 5.41) is 3.65. The number of anilines is 1. The monoisotopic (exact) mass is 410 g/mol. The molecule has 0 spiro atoms. The highest BCUT2D eigenvalue weighted by Crippen LogP contribution is 2.29. The first-order chi connectivity index (χ1) is 14.1. The van der Waals surface area contributed by atoms with Crippen LogP contribution in [0.15, 0.2) is 42.5 Å². The van der Waals surface area contributed by atoms with E-state index in [2.05, 4.69) is 10.3 Å². The number of amides is 1. The van der Waals surface area contributed by atoms with Gasteiger partial charge in [0, 0.05) is 18.5 Å². The molecule has 150 valence electrons. The SMILES string of the molecule is CC(OC(=O)CCCOc1ccc2c(c1)CCC(=O)N2)c1nc2ccccc2s1. The number of thiazole rings is 1. The number of nitrogens with zero attached hydrogens (tertiary/aromatic N) is 1. The van der Waals surface area contributed by atoms with E-state index in [0.717, 1.165) is 32.2 Å². The van der Waals surface area contributed by atoms with Gasteiger partial charge < -0.3 is 14.8 Å². The van der Waals surface area contributed by atoms with Gasteiger partial charge in [-0.3, -0.25) is 9.59 Å². The molecule has 4 rings (SSSR count). The van der Waals surface area contributed by atoms with Crippen molar-refractivity contribution in [1.29, 1.82) is 0 Å². The predicted octanol–water partition coefficient (Wildman–Crippen LogP) is 4.64. The Morgan fingerprint density at radius 1 is 1.24 bits per heavy atom. The Balaban J connectivity index is 1.22. The number of benzene rings is 2. The fourth-order valence-corrected chi connectivity index (χ4v) is 4.17. The molecule has 7 heteroatoms. The van der Waals surface area contributed by atoms with Crippen LogP contribution in [-0.4, -0.2) is 23.5 Å². The Hall–Kier alpha value is -2.93. The summed E-state index contributed by atoms with van der Waals surface area (Å²) >= 11 is 1.55. The largest absolute Gasteiger partial charge is 0.494 e. The lowest BCUT2D eigenvalue weighted by molar-refractivity contribution is -0.148. The summed E-state index contributed by atoms with van der Waals surface area (Å²) in [4.78, 5) is 28.1. The second kappa shape index (κ2) is 8.61. The van der Waals surface area contributed by atoms with Crippen LogP contribution in [-0.2, 0) is 20.7 Å². The molecule has 1 amide bonds. The van der Waals surface area contributed by atoms with Crippen molar-refractivity contribution < 1.29 is 19.1 Å². The molecule has 2 heterocycles. The molecule has 1 aromatic heterocycles. The van der Waals surface area contributed by atoms with Crippen molar-refractivity contribution in [3.05, 3.63) is 53.0 Å². The van der Waals surface area contributed by atoms with Gasteiger partial charge in [0.05, 0.1) is 16.8 Å². The molecular weight excluding hydrogens is 388 g/mol. The minimum Gasteiger partial charge on any atom is -0.494 e. The van der Waals surface area contributed by atoms with Gasteiger partial charge in [0.2, 0.25) is 5.91 Å². The summed E-state index contributed by atoms with van der Waals surface area (Å²) < 4.78 is 12.4. The molecule has 0 aliphatic carbocycles. The van der Waals surface area contributed by atoms with Gasteiger partial charge in [0.25, 0.3) is 0 Å². The molecule has 1 N–H and O–H groups in total. The van der Waals surface area contributed by atoms with E-state index in [1.165, 1.54) is 0 Å². The van der Waals surface area contributed by atoms with Gasteiger partial charge in [0.15, 0.2) is 6.10 Å². The van der Waals surface area contributed by atoms with Crippen LogP contribution in [0.3, 0.4) is 0 Å². The van der Waals surface area contributed by atoms with Gasteiger partial charge >= 0.3 is 5.97 Å². The molecule has 1 unspecified atom stereocenters. The van der Waals surface area contributed by atoms with Crippen LogP contribution in [0.2, 0.25) is 0 Å². The summed E-state index contributed by atoms with van der Waals surface area (Å²) in [6.07, 6.45) is 1.70. The zero-order chi connectivity index (χ0) is 20.2. The first kappa shape index (κ1) is 19.4. The van der Waals surface area contributed by atoms with Crippen LogP contribution in [0.5, 0.6) is 5.75 Å². The van der Waals surface area contributed by atoms with E-state index in [9.17, 15) is 9.59 Å². The Bertz CT molecular complexity index is 1010. The lowest BCUT2D eigenvalue weighted by atomic mass is 10.0. The zero-order valence-corrected chi connectivity index (χ0v) is 17.0. The molecule has 2 aromatic carbocycles. The summed E-state index contributed by atoms with van der Waals surface area (Å²) in [5.41, 5.74) is 2.85. The Morgan fingerprint density at radius 2 is 2.10 bits per heavy atom. The number of nitrogens with one attached hydrogen (secondary N) is 1. The van der Waals surface area contributed by atoms with Gasteiger partial charge in [-0.2, -0.15) is 0 Å². The lowest BCUT2D eigenvalue weighted by Gasteiger charge is -2.17. The molecule has 29 heavy (non-hydrogen) atoms. The van der Waals surface area contributed by atoms with Crippen molar-refractivity contribution in [2.75, 3.05) is 11.9 Å². The fourth-order valence-electron chi connectivity index (χ4n) is 3.23. The minimum absolute atomic E-state index is 0.0461. The molecule has 3 aromatic rings. The summed E-state index contributed by atoms with van der Waals surface area (Å²) in [6, 6.07) is 13.5. The van der Waals surface area contributed by atoms with E-state index in [1.807, 2.05) is 49.4 Å². The van der Waals surface area contributed by atoms with E-state index in [1.54, 1.807) is 11.3 Å². The van der Waals surface area contributed by atoms with Crippen molar-refractivity contribution in [3.8, 4) is 5.75 Å². The van der Waals surface area contributed by atoms with Crippen LogP contribution < -0.4 is 10.1 Å². The first-order valence-corrected chi connectivity index (χ1v) is 10.5. The Morgan fingerprint density at radius 3 is 2.97 bits per heavy atom. The zero-order valence-electron chi connectivity index (χ0n) is 16.1. The number of hydrogen-bond acceptors (Lipinski definition) is 6. The van der Waals surface area contributed by atoms with Crippen molar-refractivity contribution >= 4 is 39.1 Å². The van der Waals surface area contributed by atoms with E-state index in [-0.39, 0.29) is 24.4 Å². The highest BCUT2D eigenvalue weighted by molar-refractivity contribution is 7.18. The number of aromatic nitrogens is 1. The summed E-state index contributed by atoms with van der Waals surface area (Å²) in [7, 11) is 0. The van der Waals surface area contributed by atoms with Crippen LogP contribution in [0.25, 0.3) is 10.2 Å². The second-order valence-corrected chi connectivity index (χ2v) is 8.03. The van der Waals surface area contributed by atoms with Gasteiger partial charge in [0.1, 0.15) is 10.8 Å². The molecule has 0 radical (unpaired) electrons. The standard InChI is InChI=1S/C22H22N2O4S/c1-14(22-24-18-5-2-3-6-19(18)29-22)28-21(26)7-4-12-27-16-9-10-17-15(13-16)8-11-20(25)23-17/h2-3,5-6,9-10,13-14H,4,7-8,11-12H2,1H3,(H,23,25).